The highest BCUT2D eigenvalue weighted by molar-refractivity contribution is 5.98. The van der Waals surface area contributed by atoms with Gasteiger partial charge in [0, 0.05) is 17.6 Å². The van der Waals surface area contributed by atoms with Gasteiger partial charge < -0.3 is 15.3 Å². The third kappa shape index (κ3) is 3.70. The average Bonchev–Trinajstić information content (AvgIpc) is 2.02. The minimum Gasteiger partial charge on any atom is -0.481 e. The Bertz CT molecular complexity index is 301. The molecule has 3 N–H and O–H groups in total. The van der Waals surface area contributed by atoms with E-state index in [1.807, 2.05) is 0 Å². The monoisotopic (exact) mass is 202 g/mol. The summed E-state index contributed by atoms with van der Waals surface area (Å²) >= 11 is 0. The van der Waals surface area contributed by atoms with Crippen LogP contribution in [0.1, 0.15) is 19.8 Å². The van der Waals surface area contributed by atoms with Gasteiger partial charge >= 0.3 is 17.9 Å². The van der Waals surface area contributed by atoms with Crippen LogP contribution in [0.15, 0.2) is 11.1 Å². The smallest absolute Gasteiger partial charge is 0.332 e. The van der Waals surface area contributed by atoms with Crippen LogP contribution >= 0.6 is 0 Å². The number of carboxylic acid groups (broad SMARTS) is 3. The van der Waals surface area contributed by atoms with Gasteiger partial charge in [-0.1, -0.05) is 0 Å². The standard InChI is InChI=1S/C8H10O6/c1-4(7(11)12)5(8(13)14)2-3-6(9)10/h2-3H2,1H3,(H,9,10)(H,11,12)(H,13,14)/b5-4+. The Labute approximate surface area is 79.5 Å². The molecule has 0 saturated carbocycles. The van der Waals surface area contributed by atoms with Crippen molar-refractivity contribution in [2.24, 2.45) is 0 Å². The van der Waals surface area contributed by atoms with Crippen molar-refractivity contribution in [3.63, 3.8) is 0 Å². The molecule has 0 aromatic carbocycles. The van der Waals surface area contributed by atoms with Crippen LogP contribution in [0.5, 0.6) is 0 Å². The molecular formula is C8H10O6. The third-order valence-corrected chi connectivity index (χ3v) is 1.62. The first-order chi connectivity index (χ1) is 6.36. The van der Waals surface area contributed by atoms with Crippen LogP contribution in [0.2, 0.25) is 0 Å². The van der Waals surface area contributed by atoms with Crippen LogP contribution in [0.3, 0.4) is 0 Å². The van der Waals surface area contributed by atoms with E-state index < -0.39 is 24.3 Å². The zero-order chi connectivity index (χ0) is 11.3. The Morgan fingerprint density at radius 2 is 1.43 bits per heavy atom. The van der Waals surface area contributed by atoms with Gasteiger partial charge in [0.15, 0.2) is 0 Å². The summed E-state index contributed by atoms with van der Waals surface area (Å²) in [5.41, 5.74) is -0.710. The Morgan fingerprint density at radius 1 is 0.929 bits per heavy atom. The van der Waals surface area contributed by atoms with Crippen LogP contribution < -0.4 is 0 Å². The van der Waals surface area contributed by atoms with E-state index in [1.54, 1.807) is 0 Å². The second-order valence-corrected chi connectivity index (χ2v) is 2.61. The first-order valence-corrected chi connectivity index (χ1v) is 3.74. The maximum Gasteiger partial charge on any atom is 0.332 e. The zero-order valence-electron chi connectivity index (χ0n) is 7.48. The van der Waals surface area contributed by atoms with Crippen LogP contribution in [0, 0.1) is 0 Å². The molecule has 0 aromatic heterocycles. The molecule has 14 heavy (non-hydrogen) atoms. The van der Waals surface area contributed by atoms with Crippen molar-refractivity contribution in [3.8, 4) is 0 Å². The molecule has 0 aliphatic heterocycles. The van der Waals surface area contributed by atoms with Crippen LogP contribution in [-0.4, -0.2) is 33.2 Å². The van der Waals surface area contributed by atoms with E-state index in [9.17, 15) is 14.4 Å². The second-order valence-electron chi connectivity index (χ2n) is 2.61. The van der Waals surface area contributed by atoms with Crippen molar-refractivity contribution in [1.29, 1.82) is 0 Å². The van der Waals surface area contributed by atoms with Gasteiger partial charge in [-0.3, -0.25) is 4.79 Å². The van der Waals surface area contributed by atoms with Crippen LogP contribution in [-0.2, 0) is 14.4 Å². The van der Waals surface area contributed by atoms with Crippen molar-refractivity contribution in [2.45, 2.75) is 19.8 Å². The van der Waals surface area contributed by atoms with Gasteiger partial charge in [-0.2, -0.15) is 0 Å². The molecule has 0 radical (unpaired) electrons. The molecule has 0 amide bonds. The molecule has 0 aromatic rings. The lowest BCUT2D eigenvalue weighted by atomic mass is 10.0. The second kappa shape index (κ2) is 5.00. The quantitative estimate of drug-likeness (QED) is 0.554. The van der Waals surface area contributed by atoms with Gasteiger partial charge in [-0.05, 0) is 13.3 Å². The van der Waals surface area contributed by atoms with E-state index in [1.165, 1.54) is 0 Å². The molecular weight excluding hydrogens is 192 g/mol. The van der Waals surface area contributed by atoms with Gasteiger partial charge in [0.25, 0.3) is 0 Å². The fourth-order valence-corrected chi connectivity index (χ4v) is 0.816. The van der Waals surface area contributed by atoms with Gasteiger partial charge in [0.05, 0.1) is 0 Å². The molecule has 6 nitrogen and oxygen atoms in total. The maximum atomic E-state index is 10.5. The molecule has 6 heteroatoms. The summed E-state index contributed by atoms with van der Waals surface area (Å²) < 4.78 is 0. The van der Waals surface area contributed by atoms with E-state index in [4.69, 9.17) is 15.3 Å². The molecule has 0 aliphatic rings. The normalized spacial score (nSPS) is 11.8. The lowest BCUT2D eigenvalue weighted by Gasteiger charge is -2.02. The molecule has 0 saturated heterocycles. The van der Waals surface area contributed by atoms with Crippen LogP contribution in [0.4, 0.5) is 0 Å². The number of hydrogen-bond acceptors (Lipinski definition) is 3. The molecule has 0 rings (SSSR count). The zero-order valence-corrected chi connectivity index (χ0v) is 7.48. The summed E-state index contributed by atoms with van der Waals surface area (Å²) in [6.45, 7) is 1.13. The van der Waals surface area contributed by atoms with Crippen molar-refractivity contribution < 1.29 is 29.7 Å². The highest BCUT2D eigenvalue weighted by Gasteiger charge is 2.16. The van der Waals surface area contributed by atoms with Crippen LogP contribution in [0.25, 0.3) is 0 Å². The van der Waals surface area contributed by atoms with Gasteiger partial charge in [0.1, 0.15) is 0 Å². The predicted molar refractivity (Wildman–Crippen MR) is 44.8 cm³/mol. The molecule has 0 aliphatic carbocycles. The first kappa shape index (κ1) is 12.2. The van der Waals surface area contributed by atoms with Crippen molar-refractivity contribution >= 4 is 17.9 Å². The van der Waals surface area contributed by atoms with Gasteiger partial charge in [0.2, 0.25) is 0 Å². The summed E-state index contributed by atoms with van der Waals surface area (Å²) in [6, 6.07) is 0. The molecule has 0 heterocycles. The molecule has 0 bridgehead atoms. The Balaban J connectivity index is 4.77. The lowest BCUT2D eigenvalue weighted by Crippen LogP contribution is -2.10. The van der Waals surface area contributed by atoms with Crippen molar-refractivity contribution in [3.05, 3.63) is 11.1 Å². The highest BCUT2D eigenvalue weighted by Crippen LogP contribution is 2.11. The summed E-state index contributed by atoms with van der Waals surface area (Å²) in [6.07, 6.45) is -0.685. The number of carbonyl (C=O) groups is 3. The minimum atomic E-state index is -1.40. The SMILES string of the molecule is C/C(C(=O)O)=C(/CCC(=O)O)C(=O)O. The largest absolute Gasteiger partial charge is 0.481 e. The van der Waals surface area contributed by atoms with E-state index in [-0.39, 0.29) is 17.6 Å². The predicted octanol–water partition coefficient (Wildman–Crippen LogP) is 0.337. The van der Waals surface area contributed by atoms with Crippen molar-refractivity contribution in [2.75, 3.05) is 0 Å². The van der Waals surface area contributed by atoms with Crippen molar-refractivity contribution in [1.82, 2.24) is 0 Å². The molecule has 0 atom stereocenters. The summed E-state index contributed by atoms with van der Waals surface area (Å²) in [7, 11) is 0. The van der Waals surface area contributed by atoms with E-state index in [2.05, 4.69) is 0 Å². The Kier molecular flexibility index (Phi) is 4.34. The maximum absolute atomic E-state index is 10.5. The number of carboxylic acids is 3. The number of rotatable bonds is 5. The van der Waals surface area contributed by atoms with E-state index in [0.717, 1.165) is 6.92 Å². The molecule has 0 unspecified atom stereocenters. The molecule has 0 fully saturated rings. The summed E-state index contributed by atoms with van der Waals surface area (Å²) in [5.74, 6) is -3.92. The topological polar surface area (TPSA) is 112 Å². The molecule has 0 spiro atoms. The van der Waals surface area contributed by atoms with Gasteiger partial charge in [-0.25, -0.2) is 9.59 Å². The highest BCUT2D eigenvalue weighted by atomic mass is 16.4. The summed E-state index contributed by atoms with van der Waals surface area (Å²) in [4.78, 5) is 31.1. The van der Waals surface area contributed by atoms with E-state index >= 15 is 0 Å². The number of hydrogen-bond donors (Lipinski definition) is 3. The number of aliphatic carboxylic acids is 3. The Morgan fingerprint density at radius 3 is 1.71 bits per heavy atom. The Hall–Kier alpha value is -1.85. The lowest BCUT2D eigenvalue weighted by molar-refractivity contribution is -0.138. The summed E-state index contributed by atoms with van der Waals surface area (Å²) in [5, 5.41) is 25.4. The minimum absolute atomic E-state index is 0.289. The van der Waals surface area contributed by atoms with Gasteiger partial charge in [-0.15, -0.1) is 0 Å². The average molecular weight is 202 g/mol. The molecule has 78 valence electrons. The third-order valence-electron chi connectivity index (χ3n) is 1.62. The fraction of sp³-hybridized carbons (Fsp3) is 0.375. The van der Waals surface area contributed by atoms with E-state index in [0.29, 0.717) is 0 Å². The fourth-order valence-electron chi connectivity index (χ4n) is 0.816. The first-order valence-electron chi connectivity index (χ1n) is 3.74.